The Bertz CT molecular complexity index is 726. The Morgan fingerprint density at radius 1 is 1.25 bits per heavy atom. The lowest BCUT2D eigenvalue weighted by Gasteiger charge is -2.21. The zero-order valence-electron chi connectivity index (χ0n) is 14.1. The summed E-state index contributed by atoms with van der Waals surface area (Å²) < 4.78 is 31.5. The molecular formula is C17H24N2O4S. The van der Waals surface area contributed by atoms with Gasteiger partial charge in [0.2, 0.25) is 10.0 Å². The number of fused-ring (bicyclic) bond motifs is 1. The number of sulfonamides is 1. The largest absolute Gasteiger partial charge is 0.478 e. The second kappa shape index (κ2) is 6.63. The van der Waals surface area contributed by atoms with Crippen LogP contribution in [0.2, 0.25) is 0 Å². The number of hydrogen-bond acceptors (Lipinski definition) is 4. The molecule has 3 rings (SSSR count). The molecule has 0 unspecified atom stereocenters. The Labute approximate surface area is 143 Å². The van der Waals surface area contributed by atoms with Gasteiger partial charge in [-0.05, 0) is 37.5 Å². The van der Waals surface area contributed by atoms with E-state index >= 15 is 0 Å². The first-order chi connectivity index (χ1) is 11.3. The lowest BCUT2D eigenvalue weighted by molar-refractivity contribution is -0.128. The minimum absolute atomic E-state index is 0.149. The van der Waals surface area contributed by atoms with E-state index in [1.165, 1.54) is 10.6 Å². The van der Waals surface area contributed by atoms with E-state index in [9.17, 15) is 13.2 Å². The summed E-state index contributed by atoms with van der Waals surface area (Å²) in [7, 11) is -3.43. The smallest absolute Gasteiger partial charge is 0.261 e. The van der Waals surface area contributed by atoms with Crippen molar-refractivity contribution in [1.82, 2.24) is 5.32 Å². The summed E-state index contributed by atoms with van der Waals surface area (Å²) in [5.74, 6) is 0.291. The van der Waals surface area contributed by atoms with E-state index in [0.29, 0.717) is 17.9 Å². The molecule has 1 heterocycles. The van der Waals surface area contributed by atoms with Gasteiger partial charge >= 0.3 is 0 Å². The molecule has 1 amide bonds. The molecule has 0 saturated heterocycles. The molecule has 132 valence electrons. The van der Waals surface area contributed by atoms with E-state index in [4.69, 9.17) is 4.74 Å². The molecule has 7 heteroatoms. The first-order valence-corrected chi connectivity index (χ1v) is 10.2. The monoisotopic (exact) mass is 352 g/mol. The summed E-state index contributed by atoms with van der Waals surface area (Å²) in [5.41, 5.74) is 1.45. The van der Waals surface area contributed by atoms with Crippen molar-refractivity contribution in [1.29, 1.82) is 0 Å². The fourth-order valence-corrected chi connectivity index (χ4v) is 4.32. The van der Waals surface area contributed by atoms with Crippen LogP contribution in [0.15, 0.2) is 18.2 Å². The molecule has 24 heavy (non-hydrogen) atoms. The van der Waals surface area contributed by atoms with Gasteiger partial charge in [-0.15, -0.1) is 0 Å². The van der Waals surface area contributed by atoms with Gasteiger partial charge in [0.1, 0.15) is 5.75 Å². The van der Waals surface area contributed by atoms with Crippen LogP contribution >= 0.6 is 0 Å². The topological polar surface area (TPSA) is 75.7 Å². The number of carbonyl (C=O) groups is 1. The van der Waals surface area contributed by atoms with Crippen LogP contribution in [-0.4, -0.2) is 39.3 Å². The van der Waals surface area contributed by atoms with Crippen molar-refractivity contribution < 1.29 is 17.9 Å². The summed E-state index contributed by atoms with van der Waals surface area (Å²) in [6, 6.07) is 5.60. The van der Waals surface area contributed by atoms with Crippen LogP contribution in [0.5, 0.6) is 5.75 Å². The van der Waals surface area contributed by atoms with Crippen LogP contribution in [0.25, 0.3) is 0 Å². The number of aryl methyl sites for hydroxylation is 1. The Hall–Kier alpha value is -1.76. The van der Waals surface area contributed by atoms with E-state index < -0.39 is 16.1 Å². The maximum atomic E-state index is 12.5. The van der Waals surface area contributed by atoms with Crippen LogP contribution in [0.1, 0.15) is 37.7 Å². The molecule has 6 nitrogen and oxygen atoms in total. The van der Waals surface area contributed by atoms with E-state index in [1.54, 1.807) is 12.1 Å². The summed E-state index contributed by atoms with van der Waals surface area (Å²) in [4.78, 5) is 12.5. The van der Waals surface area contributed by atoms with Crippen molar-refractivity contribution in [3.05, 3.63) is 23.8 Å². The van der Waals surface area contributed by atoms with Crippen LogP contribution in [-0.2, 0) is 14.8 Å². The quantitative estimate of drug-likeness (QED) is 0.902. The third kappa shape index (κ3) is 3.66. The number of carbonyl (C=O) groups excluding carboxylic acids is 1. The number of rotatable bonds is 3. The highest BCUT2D eigenvalue weighted by Gasteiger charge is 2.32. The van der Waals surface area contributed by atoms with E-state index in [2.05, 4.69) is 5.32 Å². The molecule has 1 atom stereocenters. The van der Waals surface area contributed by atoms with Gasteiger partial charge in [-0.25, -0.2) is 8.42 Å². The number of hydrogen-bond donors (Lipinski definition) is 1. The molecule has 1 saturated carbocycles. The Balaban J connectivity index is 1.84. The lowest BCUT2D eigenvalue weighted by Crippen LogP contribution is -2.43. The van der Waals surface area contributed by atoms with Crippen LogP contribution < -0.4 is 14.4 Å². The Morgan fingerprint density at radius 3 is 2.62 bits per heavy atom. The first-order valence-electron chi connectivity index (χ1n) is 8.40. The molecular weight excluding hydrogens is 328 g/mol. The predicted octanol–water partition coefficient (Wildman–Crippen LogP) is 1.97. The second-order valence-electron chi connectivity index (χ2n) is 6.69. The van der Waals surface area contributed by atoms with Crippen LogP contribution in [0.4, 0.5) is 5.69 Å². The number of nitrogens with zero attached hydrogens (tertiary/aromatic N) is 1. The van der Waals surface area contributed by atoms with Crippen molar-refractivity contribution >= 4 is 21.6 Å². The van der Waals surface area contributed by atoms with Crippen molar-refractivity contribution in [2.24, 2.45) is 0 Å². The highest BCUT2D eigenvalue weighted by Crippen LogP contribution is 2.35. The van der Waals surface area contributed by atoms with Gasteiger partial charge in [-0.3, -0.25) is 9.10 Å². The van der Waals surface area contributed by atoms with E-state index in [-0.39, 0.29) is 18.5 Å². The van der Waals surface area contributed by atoms with Gasteiger partial charge in [-0.2, -0.15) is 0 Å². The molecule has 1 N–H and O–H groups in total. The van der Waals surface area contributed by atoms with E-state index in [0.717, 1.165) is 31.2 Å². The molecule has 1 aromatic carbocycles. The molecule has 1 aliphatic carbocycles. The zero-order chi connectivity index (χ0) is 17.3. The maximum Gasteiger partial charge on any atom is 0.261 e. The standard InChI is InChI=1S/C17H24N2O4S/c1-12-7-8-15-14(11-12)19(24(2,21)22)10-9-16(23-15)17(20)18-13-5-3-4-6-13/h7-8,11,13,16H,3-6,9-10H2,1-2H3,(H,18,20)/t16-/m1/s1. The lowest BCUT2D eigenvalue weighted by atomic mass is 10.2. The fraction of sp³-hybridized carbons (Fsp3) is 0.588. The number of nitrogens with one attached hydrogen (secondary N) is 1. The number of anilines is 1. The molecule has 0 radical (unpaired) electrons. The van der Waals surface area contributed by atoms with Crippen LogP contribution in [0, 0.1) is 6.92 Å². The second-order valence-corrected chi connectivity index (χ2v) is 8.60. The highest BCUT2D eigenvalue weighted by atomic mass is 32.2. The molecule has 0 aromatic heterocycles. The molecule has 1 aliphatic heterocycles. The Kier molecular flexibility index (Phi) is 4.71. The van der Waals surface area contributed by atoms with E-state index in [1.807, 2.05) is 13.0 Å². The minimum Gasteiger partial charge on any atom is -0.478 e. The van der Waals surface area contributed by atoms with Gasteiger partial charge in [-0.1, -0.05) is 18.9 Å². The average molecular weight is 352 g/mol. The van der Waals surface area contributed by atoms with Gasteiger partial charge in [0.05, 0.1) is 11.9 Å². The molecule has 1 fully saturated rings. The number of amides is 1. The van der Waals surface area contributed by atoms with Crippen molar-refractivity contribution in [3.8, 4) is 5.75 Å². The SMILES string of the molecule is Cc1ccc2c(c1)N(S(C)(=O)=O)CC[C@H](C(=O)NC1CCCC1)O2. The molecule has 0 bridgehead atoms. The van der Waals surface area contributed by atoms with Crippen molar-refractivity contribution in [3.63, 3.8) is 0 Å². The van der Waals surface area contributed by atoms with Crippen LogP contribution in [0.3, 0.4) is 0 Å². The summed E-state index contributed by atoms with van der Waals surface area (Å²) in [5, 5.41) is 3.04. The Morgan fingerprint density at radius 2 is 1.96 bits per heavy atom. The van der Waals surface area contributed by atoms with Gasteiger partial charge in [0, 0.05) is 19.0 Å². The molecule has 0 spiro atoms. The summed E-state index contributed by atoms with van der Waals surface area (Å²) in [6.07, 6.45) is 5.13. The number of benzene rings is 1. The highest BCUT2D eigenvalue weighted by molar-refractivity contribution is 7.92. The predicted molar refractivity (Wildman–Crippen MR) is 92.8 cm³/mol. The molecule has 1 aromatic rings. The van der Waals surface area contributed by atoms with Gasteiger partial charge < -0.3 is 10.1 Å². The minimum atomic E-state index is -3.43. The van der Waals surface area contributed by atoms with Crippen molar-refractivity contribution in [2.45, 2.75) is 51.2 Å². The van der Waals surface area contributed by atoms with Crippen molar-refractivity contribution in [2.75, 3.05) is 17.1 Å². The maximum absolute atomic E-state index is 12.5. The third-order valence-electron chi connectivity index (χ3n) is 4.64. The first kappa shape index (κ1) is 17.1. The zero-order valence-corrected chi connectivity index (χ0v) is 14.9. The number of ether oxygens (including phenoxy) is 1. The van der Waals surface area contributed by atoms with Gasteiger partial charge in [0.25, 0.3) is 5.91 Å². The van der Waals surface area contributed by atoms with Gasteiger partial charge in [0.15, 0.2) is 6.10 Å². The fourth-order valence-electron chi connectivity index (χ4n) is 3.38. The average Bonchev–Trinajstić information content (AvgIpc) is 2.91. The summed E-state index contributed by atoms with van der Waals surface area (Å²) in [6.45, 7) is 2.13. The molecule has 2 aliphatic rings. The normalized spacial score (nSPS) is 21.8. The third-order valence-corrected chi connectivity index (χ3v) is 5.82. The summed E-state index contributed by atoms with van der Waals surface area (Å²) >= 11 is 0.